The maximum absolute atomic E-state index is 10.0. The zero-order valence-electron chi connectivity index (χ0n) is 10.4. The molecule has 0 aromatic heterocycles. The van der Waals surface area contributed by atoms with Crippen LogP contribution in [0.15, 0.2) is 6.07 Å². The lowest BCUT2D eigenvalue weighted by molar-refractivity contribution is 0.461. The van der Waals surface area contributed by atoms with Crippen molar-refractivity contribution in [3.05, 3.63) is 26.3 Å². The Balaban J connectivity index is 3.54. The number of hydrogen-bond donors (Lipinski definition) is 2. The maximum atomic E-state index is 10.0. The van der Waals surface area contributed by atoms with Crippen molar-refractivity contribution in [2.75, 3.05) is 0 Å². The smallest absolute Gasteiger partial charge is 0.133 e. The lowest BCUT2D eigenvalue weighted by Crippen LogP contribution is -2.16. The van der Waals surface area contributed by atoms with E-state index in [-0.39, 0.29) is 5.41 Å². The molecule has 1 rings (SSSR count). The largest absolute Gasteiger partial charge is 0.506 e. The van der Waals surface area contributed by atoms with Crippen LogP contribution < -0.4 is 5.73 Å². The fourth-order valence-electron chi connectivity index (χ4n) is 1.90. The number of benzene rings is 1. The van der Waals surface area contributed by atoms with E-state index in [9.17, 15) is 5.11 Å². The molecular weight excluding hydrogens is 313 g/mol. The molecule has 1 aromatic carbocycles. The highest BCUT2D eigenvalue weighted by molar-refractivity contribution is 14.1. The first-order chi connectivity index (χ1) is 7.32. The highest BCUT2D eigenvalue weighted by Crippen LogP contribution is 2.36. The number of phenols is 1. The lowest BCUT2D eigenvalue weighted by atomic mass is 9.82. The second-order valence-electron chi connectivity index (χ2n) is 5.03. The summed E-state index contributed by atoms with van der Waals surface area (Å²) >= 11 is 2.21. The number of hydrogen-bond acceptors (Lipinski definition) is 2. The van der Waals surface area contributed by atoms with E-state index in [4.69, 9.17) is 5.73 Å². The standard InChI is InChI=1S/C13H20INO/c1-5-9-10(13(2,3)4)6-8(7-15)12(16)11(9)14/h6,16H,5,7,15H2,1-4H3. The Morgan fingerprint density at radius 3 is 2.31 bits per heavy atom. The molecule has 0 radical (unpaired) electrons. The molecule has 0 spiro atoms. The summed E-state index contributed by atoms with van der Waals surface area (Å²) in [4.78, 5) is 0. The summed E-state index contributed by atoms with van der Waals surface area (Å²) < 4.78 is 0.952. The van der Waals surface area contributed by atoms with E-state index in [2.05, 4.69) is 56.4 Å². The quantitative estimate of drug-likeness (QED) is 0.816. The number of phenolic OH excluding ortho intramolecular Hbond substituents is 1. The van der Waals surface area contributed by atoms with E-state index in [1.807, 2.05) is 0 Å². The summed E-state index contributed by atoms with van der Waals surface area (Å²) in [6.45, 7) is 9.07. The second-order valence-corrected chi connectivity index (χ2v) is 6.11. The summed E-state index contributed by atoms with van der Waals surface area (Å²) in [5, 5.41) is 10.0. The molecule has 16 heavy (non-hydrogen) atoms. The maximum Gasteiger partial charge on any atom is 0.133 e. The highest BCUT2D eigenvalue weighted by Gasteiger charge is 2.22. The Hall–Kier alpha value is -0.290. The molecule has 90 valence electrons. The Bertz CT molecular complexity index is 394. The topological polar surface area (TPSA) is 46.2 Å². The fourth-order valence-corrected chi connectivity index (χ4v) is 2.92. The van der Waals surface area contributed by atoms with Crippen molar-refractivity contribution in [3.63, 3.8) is 0 Å². The molecule has 0 unspecified atom stereocenters. The molecule has 0 aliphatic heterocycles. The van der Waals surface area contributed by atoms with Gasteiger partial charge in [-0.15, -0.1) is 0 Å². The van der Waals surface area contributed by atoms with Crippen molar-refractivity contribution in [3.8, 4) is 5.75 Å². The van der Waals surface area contributed by atoms with E-state index in [0.29, 0.717) is 12.3 Å². The number of rotatable bonds is 2. The third-order valence-electron chi connectivity index (χ3n) is 2.80. The molecule has 3 heteroatoms. The zero-order chi connectivity index (χ0) is 12.5. The van der Waals surface area contributed by atoms with Gasteiger partial charge in [-0.05, 0) is 51.6 Å². The minimum atomic E-state index is 0.0862. The van der Waals surface area contributed by atoms with Crippen molar-refractivity contribution < 1.29 is 5.11 Å². The molecular formula is C13H20INO. The van der Waals surface area contributed by atoms with Crippen LogP contribution in [0.3, 0.4) is 0 Å². The van der Waals surface area contributed by atoms with Crippen molar-refractivity contribution in [2.45, 2.75) is 46.1 Å². The van der Waals surface area contributed by atoms with Gasteiger partial charge in [-0.1, -0.05) is 27.7 Å². The SMILES string of the molecule is CCc1c(C(C)(C)C)cc(CN)c(O)c1I. The molecule has 0 atom stereocenters. The minimum Gasteiger partial charge on any atom is -0.506 e. The Kier molecular flexibility index (Phi) is 4.23. The van der Waals surface area contributed by atoms with Crippen LogP contribution in [-0.4, -0.2) is 5.11 Å². The molecule has 1 aromatic rings. The first kappa shape index (κ1) is 13.8. The van der Waals surface area contributed by atoms with Crippen molar-refractivity contribution in [1.29, 1.82) is 0 Å². The van der Waals surface area contributed by atoms with E-state index in [1.165, 1.54) is 11.1 Å². The normalized spacial score (nSPS) is 11.9. The van der Waals surface area contributed by atoms with Crippen molar-refractivity contribution in [1.82, 2.24) is 0 Å². The van der Waals surface area contributed by atoms with E-state index >= 15 is 0 Å². The van der Waals surface area contributed by atoms with Crippen LogP contribution >= 0.6 is 22.6 Å². The van der Waals surface area contributed by atoms with E-state index < -0.39 is 0 Å². The average molecular weight is 333 g/mol. The predicted octanol–water partition coefficient (Wildman–Crippen LogP) is 3.32. The van der Waals surface area contributed by atoms with Crippen LogP contribution in [0.25, 0.3) is 0 Å². The molecule has 0 saturated carbocycles. The molecule has 0 aliphatic carbocycles. The van der Waals surface area contributed by atoms with Gasteiger partial charge in [-0.3, -0.25) is 0 Å². The first-order valence-corrected chi connectivity index (χ1v) is 6.64. The van der Waals surface area contributed by atoms with E-state index in [1.54, 1.807) is 0 Å². The van der Waals surface area contributed by atoms with Crippen LogP contribution in [-0.2, 0) is 18.4 Å². The van der Waals surface area contributed by atoms with Crippen LogP contribution in [0.4, 0.5) is 0 Å². The lowest BCUT2D eigenvalue weighted by Gasteiger charge is -2.25. The monoisotopic (exact) mass is 333 g/mol. The molecule has 0 heterocycles. The molecule has 0 bridgehead atoms. The van der Waals surface area contributed by atoms with Gasteiger partial charge in [0.2, 0.25) is 0 Å². The van der Waals surface area contributed by atoms with Gasteiger partial charge in [0.05, 0.1) is 3.57 Å². The number of halogens is 1. The summed E-state index contributed by atoms with van der Waals surface area (Å²) in [5.41, 5.74) is 9.11. The van der Waals surface area contributed by atoms with E-state index in [0.717, 1.165) is 15.6 Å². The highest BCUT2D eigenvalue weighted by atomic mass is 127. The summed E-state index contributed by atoms with van der Waals surface area (Å²) in [7, 11) is 0. The summed E-state index contributed by atoms with van der Waals surface area (Å²) in [5.74, 6) is 0.355. The van der Waals surface area contributed by atoms with Crippen LogP contribution in [0.2, 0.25) is 0 Å². The molecule has 0 amide bonds. The Labute approximate surface area is 111 Å². The molecule has 0 saturated heterocycles. The van der Waals surface area contributed by atoms with Gasteiger partial charge in [0, 0.05) is 12.1 Å². The Morgan fingerprint density at radius 2 is 1.94 bits per heavy atom. The molecule has 2 nitrogen and oxygen atoms in total. The Morgan fingerprint density at radius 1 is 1.38 bits per heavy atom. The third kappa shape index (κ3) is 2.51. The third-order valence-corrected chi connectivity index (χ3v) is 3.96. The minimum absolute atomic E-state index is 0.0862. The van der Waals surface area contributed by atoms with Crippen LogP contribution in [0.1, 0.15) is 44.4 Å². The van der Waals surface area contributed by atoms with Crippen molar-refractivity contribution in [2.24, 2.45) is 5.73 Å². The number of nitrogens with two attached hydrogens (primary N) is 1. The van der Waals surface area contributed by atoms with Crippen LogP contribution in [0.5, 0.6) is 5.75 Å². The number of aromatic hydroxyl groups is 1. The molecule has 3 N–H and O–H groups in total. The molecule has 0 fully saturated rings. The summed E-state index contributed by atoms with van der Waals surface area (Å²) in [6.07, 6.45) is 0.934. The van der Waals surface area contributed by atoms with Gasteiger partial charge >= 0.3 is 0 Å². The van der Waals surface area contributed by atoms with Gasteiger partial charge in [-0.2, -0.15) is 0 Å². The van der Waals surface area contributed by atoms with Crippen LogP contribution in [0, 0.1) is 3.57 Å². The molecule has 0 aliphatic rings. The average Bonchev–Trinajstić information content (AvgIpc) is 2.20. The predicted molar refractivity (Wildman–Crippen MR) is 76.8 cm³/mol. The van der Waals surface area contributed by atoms with Crippen molar-refractivity contribution >= 4 is 22.6 Å². The summed E-state index contributed by atoms with van der Waals surface area (Å²) in [6, 6.07) is 2.05. The van der Waals surface area contributed by atoms with Gasteiger partial charge < -0.3 is 10.8 Å². The second kappa shape index (κ2) is 4.92. The van der Waals surface area contributed by atoms with Gasteiger partial charge in [-0.25, -0.2) is 0 Å². The van der Waals surface area contributed by atoms with Gasteiger partial charge in [0.25, 0.3) is 0 Å². The van der Waals surface area contributed by atoms with Gasteiger partial charge in [0.15, 0.2) is 0 Å². The first-order valence-electron chi connectivity index (χ1n) is 5.56. The van der Waals surface area contributed by atoms with Gasteiger partial charge in [0.1, 0.15) is 5.75 Å². The fraction of sp³-hybridized carbons (Fsp3) is 0.538. The zero-order valence-corrected chi connectivity index (χ0v) is 12.6.